The lowest BCUT2D eigenvalue weighted by atomic mass is 10.1. The largest absolute Gasteiger partial charge is 0.480 e. The van der Waals surface area contributed by atoms with Crippen molar-refractivity contribution in [2.45, 2.75) is 38.8 Å². The zero-order valence-electron chi connectivity index (χ0n) is 16.6. The molecule has 0 bridgehead atoms. The molecule has 152 valence electrons. The summed E-state index contributed by atoms with van der Waals surface area (Å²) < 4.78 is 5.31. The first-order chi connectivity index (χ1) is 12.8. The molecule has 1 N–H and O–H groups in total. The molecule has 1 aromatic heterocycles. The van der Waals surface area contributed by atoms with Crippen LogP contribution in [0.25, 0.3) is 0 Å². The minimum Gasteiger partial charge on any atom is -0.480 e. The van der Waals surface area contributed by atoms with Crippen molar-refractivity contribution in [3.63, 3.8) is 0 Å². The molecular formula is C18H30N4O4S. The Kier molecular flexibility index (Phi) is 8.00. The number of rotatable bonds is 8. The predicted molar refractivity (Wildman–Crippen MR) is 104 cm³/mol. The van der Waals surface area contributed by atoms with E-state index in [-0.39, 0.29) is 6.03 Å². The molecule has 1 unspecified atom stereocenters. The van der Waals surface area contributed by atoms with Crippen LogP contribution in [0.2, 0.25) is 0 Å². The molecule has 0 saturated carbocycles. The summed E-state index contributed by atoms with van der Waals surface area (Å²) in [5.41, 5.74) is 0.827. The zero-order valence-corrected chi connectivity index (χ0v) is 17.4. The second-order valence-corrected chi connectivity index (χ2v) is 8.07. The quantitative estimate of drug-likeness (QED) is 0.720. The first-order valence-electron chi connectivity index (χ1n) is 9.24. The Morgan fingerprint density at radius 1 is 1.33 bits per heavy atom. The molecule has 1 atom stereocenters. The number of aromatic nitrogens is 1. The summed E-state index contributed by atoms with van der Waals surface area (Å²) in [5, 5.41) is 12.6. The van der Waals surface area contributed by atoms with E-state index in [4.69, 9.17) is 4.74 Å². The Hall–Kier alpha value is -1.71. The van der Waals surface area contributed by atoms with Crippen LogP contribution in [0.5, 0.6) is 0 Å². The summed E-state index contributed by atoms with van der Waals surface area (Å²) in [6.07, 6.45) is 0.389. The number of ether oxygens (including phenoxy) is 1. The first kappa shape index (κ1) is 21.6. The van der Waals surface area contributed by atoms with Gasteiger partial charge < -0.3 is 19.6 Å². The third kappa shape index (κ3) is 6.15. The van der Waals surface area contributed by atoms with E-state index in [0.717, 1.165) is 23.8 Å². The van der Waals surface area contributed by atoms with Gasteiger partial charge in [-0.05, 0) is 6.42 Å². The molecule has 2 amide bonds. The van der Waals surface area contributed by atoms with Crippen LogP contribution in [0.15, 0.2) is 5.38 Å². The summed E-state index contributed by atoms with van der Waals surface area (Å²) in [6.45, 7) is 8.09. The molecule has 1 aliphatic heterocycles. The fourth-order valence-corrected chi connectivity index (χ4v) is 3.81. The number of likely N-dealkylation sites (N-methyl/N-ethyl adjacent to an activating group) is 1. The number of carbonyl (C=O) groups is 2. The van der Waals surface area contributed by atoms with Gasteiger partial charge in [0.25, 0.3) is 0 Å². The highest BCUT2D eigenvalue weighted by atomic mass is 32.1. The van der Waals surface area contributed by atoms with Gasteiger partial charge in [-0.2, -0.15) is 0 Å². The monoisotopic (exact) mass is 398 g/mol. The molecule has 8 nitrogen and oxygen atoms in total. The second kappa shape index (κ2) is 10.0. The Labute approximate surface area is 164 Å². The van der Waals surface area contributed by atoms with Crippen LogP contribution in [0.3, 0.4) is 0 Å². The van der Waals surface area contributed by atoms with Crippen LogP contribution < -0.4 is 0 Å². The molecule has 0 aliphatic carbocycles. The molecule has 1 fully saturated rings. The van der Waals surface area contributed by atoms with Crippen LogP contribution in [-0.4, -0.2) is 89.8 Å². The Morgan fingerprint density at radius 3 is 2.56 bits per heavy atom. The number of hydrogen-bond acceptors (Lipinski definition) is 6. The van der Waals surface area contributed by atoms with Gasteiger partial charge in [0.2, 0.25) is 0 Å². The Balaban J connectivity index is 1.92. The lowest BCUT2D eigenvalue weighted by Crippen LogP contribution is -2.49. The maximum atomic E-state index is 12.7. The van der Waals surface area contributed by atoms with Crippen molar-refractivity contribution in [1.29, 1.82) is 0 Å². The smallest absolute Gasteiger partial charge is 0.326 e. The van der Waals surface area contributed by atoms with Gasteiger partial charge in [0, 0.05) is 45.0 Å². The van der Waals surface area contributed by atoms with Crippen molar-refractivity contribution < 1.29 is 19.4 Å². The molecule has 27 heavy (non-hydrogen) atoms. The minimum absolute atomic E-state index is 0.316. The van der Waals surface area contributed by atoms with Crippen LogP contribution >= 0.6 is 11.3 Å². The van der Waals surface area contributed by atoms with Crippen molar-refractivity contribution in [3.8, 4) is 0 Å². The number of nitrogens with zero attached hydrogens (tertiary/aromatic N) is 4. The standard InChI is InChI=1S/C18H30N4O4S/c1-13(2)16-19-14(12-27-16)11-20(3)18(25)21(4)15(17(23)24)5-6-22-7-9-26-10-8-22/h12-13,15H,5-11H2,1-4H3,(H,23,24). The maximum Gasteiger partial charge on any atom is 0.326 e. The highest BCUT2D eigenvalue weighted by molar-refractivity contribution is 7.09. The molecule has 0 radical (unpaired) electrons. The fraction of sp³-hybridized carbons (Fsp3) is 0.722. The molecule has 1 aromatic rings. The molecule has 9 heteroatoms. The minimum atomic E-state index is -0.983. The summed E-state index contributed by atoms with van der Waals surface area (Å²) in [4.78, 5) is 34.0. The number of carbonyl (C=O) groups excluding carboxylic acids is 1. The van der Waals surface area contributed by atoms with Crippen LogP contribution in [-0.2, 0) is 16.1 Å². The van der Waals surface area contributed by atoms with Gasteiger partial charge in [0.05, 0.1) is 30.5 Å². The molecule has 0 aromatic carbocycles. The van der Waals surface area contributed by atoms with E-state index in [1.807, 2.05) is 5.38 Å². The van der Waals surface area contributed by atoms with E-state index in [9.17, 15) is 14.7 Å². The molecule has 2 heterocycles. The SMILES string of the molecule is CC(C)c1nc(CN(C)C(=O)N(C)C(CCN2CCOCC2)C(=O)O)cs1. The number of carboxylic acid groups (broad SMARTS) is 1. The average Bonchev–Trinajstić information content (AvgIpc) is 3.10. The number of amides is 2. The summed E-state index contributed by atoms with van der Waals surface area (Å²) >= 11 is 1.58. The number of morpholine rings is 1. The van der Waals surface area contributed by atoms with Crippen molar-refractivity contribution in [3.05, 3.63) is 16.1 Å². The van der Waals surface area contributed by atoms with Crippen molar-refractivity contribution >= 4 is 23.3 Å². The summed E-state index contributed by atoms with van der Waals surface area (Å²) in [6, 6.07) is -1.17. The number of hydrogen-bond donors (Lipinski definition) is 1. The number of aliphatic carboxylic acids is 1. The molecule has 1 aliphatic rings. The zero-order chi connectivity index (χ0) is 20.0. The second-order valence-electron chi connectivity index (χ2n) is 7.18. The lowest BCUT2D eigenvalue weighted by molar-refractivity contribution is -0.142. The van der Waals surface area contributed by atoms with Crippen molar-refractivity contribution in [2.75, 3.05) is 46.9 Å². The van der Waals surface area contributed by atoms with E-state index in [2.05, 4.69) is 23.7 Å². The number of carboxylic acids is 1. The van der Waals surface area contributed by atoms with Gasteiger partial charge in [-0.15, -0.1) is 11.3 Å². The summed E-state index contributed by atoms with van der Waals surface area (Å²) in [5.74, 6) is -0.632. The van der Waals surface area contributed by atoms with E-state index < -0.39 is 12.0 Å². The maximum absolute atomic E-state index is 12.7. The third-order valence-electron chi connectivity index (χ3n) is 4.67. The average molecular weight is 399 g/mol. The number of urea groups is 1. The van der Waals surface area contributed by atoms with Crippen LogP contribution in [0.4, 0.5) is 4.79 Å². The van der Waals surface area contributed by atoms with E-state index in [0.29, 0.717) is 38.6 Å². The van der Waals surface area contributed by atoms with Gasteiger partial charge in [-0.1, -0.05) is 13.8 Å². The van der Waals surface area contributed by atoms with Gasteiger partial charge in [0.15, 0.2) is 0 Å². The molecular weight excluding hydrogens is 368 g/mol. The van der Waals surface area contributed by atoms with Gasteiger partial charge >= 0.3 is 12.0 Å². The third-order valence-corrected chi connectivity index (χ3v) is 5.86. The topological polar surface area (TPSA) is 86.2 Å². The molecule has 0 spiro atoms. The van der Waals surface area contributed by atoms with E-state index in [1.165, 1.54) is 9.80 Å². The van der Waals surface area contributed by atoms with Crippen LogP contribution in [0, 0.1) is 0 Å². The Morgan fingerprint density at radius 2 is 2.00 bits per heavy atom. The molecule has 2 rings (SSSR count). The van der Waals surface area contributed by atoms with Crippen LogP contribution in [0.1, 0.15) is 36.9 Å². The van der Waals surface area contributed by atoms with Crippen molar-refractivity contribution in [1.82, 2.24) is 19.7 Å². The van der Waals surface area contributed by atoms with Crippen molar-refractivity contribution in [2.24, 2.45) is 0 Å². The highest BCUT2D eigenvalue weighted by Crippen LogP contribution is 2.20. The normalized spacial score (nSPS) is 16.3. The predicted octanol–water partition coefficient (Wildman–Crippen LogP) is 1.93. The van der Waals surface area contributed by atoms with Gasteiger partial charge in [-0.3, -0.25) is 4.90 Å². The van der Waals surface area contributed by atoms with E-state index in [1.54, 1.807) is 25.4 Å². The van der Waals surface area contributed by atoms with E-state index >= 15 is 0 Å². The molecule has 1 saturated heterocycles. The summed E-state index contributed by atoms with van der Waals surface area (Å²) in [7, 11) is 3.23. The fourth-order valence-electron chi connectivity index (χ4n) is 2.99. The Bertz CT molecular complexity index is 631. The van der Waals surface area contributed by atoms with Gasteiger partial charge in [0.1, 0.15) is 6.04 Å². The highest BCUT2D eigenvalue weighted by Gasteiger charge is 2.29. The first-order valence-corrected chi connectivity index (χ1v) is 10.1. The number of thiazole rings is 1. The lowest BCUT2D eigenvalue weighted by Gasteiger charge is -2.32. The van der Waals surface area contributed by atoms with Gasteiger partial charge in [-0.25, -0.2) is 14.6 Å².